The number of hydrogen-bond acceptors (Lipinski definition) is 2. The molecule has 4 heteroatoms. The van der Waals surface area contributed by atoms with Crippen molar-refractivity contribution in [3.63, 3.8) is 0 Å². The molecule has 0 heterocycles. The number of quaternary nitrogens is 1. The van der Waals surface area contributed by atoms with Crippen LogP contribution in [0, 0.1) is 0 Å². The highest BCUT2D eigenvalue weighted by Crippen LogP contribution is 2.13. The lowest BCUT2D eigenvalue weighted by Gasteiger charge is -2.23. The zero-order valence-electron chi connectivity index (χ0n) is 19.9. The van der Waals surface area contributed by atoms with E-state index >= 15 is 0 Å². The minimum atomic E-state index is -0.153. The third-order valence-corrected chi connectivity index (χ3v) is 5.06. The average molecular weight is 401 g/mol. The van der Waals surface area contributed by atoms with Gasteiger partial charge in [0.25, 0.3) is 0 Å². The highest BCUT2D eigenvalue weighted by atomic mass is 16.1. The zero-order valence-corrected chi connectivity index (χ0v) is 19.9. The first-order valence-corrected chi connectivity index (χ1v) is 12.1. The molecule has 0 atom stereocenters. The lowest BCUT2D eigenvalue weighted by molar-refractivity contribution is -0.870. The molecule has 0 aromatic rings. The van der Waals surface area contributed by atoms with Crippen molar-refractivity contribution >= 4 is 5.91 Å². The fraction of sp³-hybridized carbons (Fsp3) is 0.958. The van der Waals surface area contributed by atoms with E-state index in [-0.39, 0.29) is 5.91 Å². The van der Waals surface area contributed by atoms with Gasteiger partial charge in [-0.25, -0.2) is 0 Å². The molecule has 28 heavy (non-hydrogen) atoms. The molecular formula is C24H54N3O+. The summed E-state index contributed by atoms with van der Waals surface area (Å²) < 4.78 is 1.02. The molecule has 0 unspecified atom stereocenters. The molecule has 0 aromatic carbocycles. The molecule has 0 rings (SSSR count). The van der Waals surface area contributed by atoms with Crippen LogP contribution in [-0.4, -0.2) is 44.6 Å². The van der Waals surface area contributed by atoms with Crippen LogP contribution in [-0.2, 0) is 4.79 Å². The predicted octanol–water partition coefficient (Wildman–Crippen LogP) is 5.77. The summed E-state index contributed by atoms with van der Waals surface area (Å²) in [5.74, 6) is -0.153. The van der Waals surface area contributed by atoms with Gasteiger partial charge >= 0.3 is 0 Å². The van der Waals surface area contributed by atoms with Crippen LogP contribution in [0.1, 0.15) is 116 Å². The molecule has 170 valence electrons. The van der Waals surface area contributed by atoms with Crippen molar-refractivity contribution in [1.29, 1.82) is 0 Å². The van der Waals surface area contributed by atoms with E-state index in [0.717, 1.165) is 23.9 Å². The summed E-state index contributed by atoms with van der Waals surface area (Å²) in [6.07, 6.45) is 22.0. The van der Waals surface area contributed by atoms with Gasteiger partial charge in [0.2, 0.25) is 5.91 Å². The Labute approximate surface area is 177 Å². The molecule has 0 aliphatic heterocycles. The third kappa shape index (κ3) is 33.0. The second-order valence-electron chi connectivity index (χ2n) is 9.32. The zero-order chi connectivity index (χ0) is 21.5. The van der Waals surface area contributed by atoms with E-state index < -0.39 is 0 Å². The number of hydrogen-bond donors (Lipinski definition) is 2. The summed E-state index contributed by atoms with van der Waals surface area (Å²) in [5, 5.41) is 0. The van der Waals surface area contributed by atoms with Gasteiger partial charge in [0.05, 0.1) is 27.7 Å². The van der Waals surface area contributed by atoms with Crippen molar-refractivity contribution in [2.24, 2.45) is 11.5 Å². The molecule has 0 aliphatic carbocycles. The van der Waals surface area contributed by atoms with Gasteiger partial charge in [-0.3, -0.25) is 4.79 Å². The number of carbonyl (C=O) groups is 1. The van der Waals surface area contributed by atoms with Crippen LogP contribution in [0.15, 0.2) is 0 Å². The van der Waals surface area contributed by atoms with E-state index in [1.54, 1.807) is 0 Å². The number of amides is 1. The predicted molar refractivity (Wildman–Crippen MR) is 125 cm³/mol. The number of nitrogens with zero attached hydrogens (tertiary/aromatic N) is 1. The summed E-state index contributed by atoms with van der Waals surface area (Å²) in [7, 11) is 6.53. The number of primary amides is 1. The van der Waals surface area contributed by atoms with E-state index in [1.165, 1.54) is 96.4 Å². The quantitative estimate of drug-likeness (QED) is 0.213. The fourth-order valence-electron chi connectivity index (χ4n) is 3.24. The van der Waals surface area contributed by atoms with Crippen molar-refractivity contribution in [1.82, 2.24) is 0 Å². The maximum absolute atomic E-state index is 10.6. The molecule has 0 saturated carbocycles. The topological polar surface area (TPSA) is 69.1 Å². The molecule has 0 spiro atoms. The van der Waals surface area contributed by atoms with Crippen molar-refractivity contribution in [2.45, 2.75) is 116 Å². The highest BCUT2D eigenvalue weighted by Gasteiger charge is 2.03. The molecule has 4 nitrogen and oxygen atoms in total. The van der Waals surface area contributed by atoms with Crippen molar-refractivity contribution in [3.05, 3.63) is 0 Å². The Morgan fingerprint density at radius 2 is 1.00 bits per heavy atom. The van der Waals surface area contributed by atoms with Gasteiger partial charge in [-0.2, -0.15) is 0 Å². The number of nitrogens with two attached hydrogens (primary N) is 2. The van der Waals surface area contributed by atoms with Gasteiger partial charge in [0.15, 0.2) is 0 Å². The van der Waals surface area contributed by atoms with Crippen molar-refractivity contribution in [2.75, 3.05) is 34.2 Å². The lowest BCUT2D eigenvalue weighted by Crippen LogP contribution is -2.36. The van der Waals surface area contributed by atoms with Crippen LogP contribution < -0.4 is 11.5 Å². The molecule has 0 aromatic heterocycles. The van der Waals surface area contributed by atoms with E-state index in [4.69, 9.17) is 11.5 Å². The third-order valence-electron chi connectivity index (χ3n) is 5.06. The van der Waals surface area contributed by atoms with E-state index in [0.29, 0.717) is 6.42 Å². The lowest BCUT2D eigenvalue weighted by atomic mass is 10.0. The normalized spacial score (nSPS) is 11.2. The first-order valence-electron chi connectivity index (χ1n) is 12.1. The van der Waals surface area contributed by atoms with Crippen LogP contribution in [0.4, 0.5) is 0 Å². The number of rotatable bonds is 19. The maximum atomic E-state index is 10.6. The van der Waals surface area contributed by atoms with Crippen LogP contribution >= 0.6 is 0 Å². The minimum Gasteiger partial charge on any atom is -0.370 e. The number of unbranched alkanes of at least 4 members (excludes halogenated alkanes) is 14. The van der Waals surface area contributed by atoms with Crippen LogP contribution in [0.5, 0.6) is 0 Å². The average Bonchev–Trinajstić information content (AvgIpc) is 2.63. The Balaban J connectivity index is 0. The van der Waals surface area contributed by atoms with E-state index in [9.17, 15) is 4.79 Å². The largest absolute Gasteiger partial charge is 0.370 e. The molecule has 0 saturated heterocycles. The smallest absolute Gasteiger partial charge is 0.217 e. The van der Waals surface area contributed by atoms with Gasteiger partial charge < -0.3 is 16.0 Å². The Morgan fingerprint density at radius 1 is 0.643 bits per heavy atom. The minimum absolute atomic E-state index is 0.153. The Hall–Kier alpha value is -0.610. The molecule has 0 radical (unpaired) electrons. The van der Waals surface area contributed by atoms with Crippen LogP contribution in [0.3, 0.4) is 0 Å². The molecule has 0 bridgehead atoms. The molecule has 0 fully saturated rings. The Morgan fingerprint density at radius 3 is 1.25 bits per heavy atom. The van der Waals surface area contributed by atoms with Crippen LogP contribution in [0.2, 0.25) is 0 Å². The second kappa shape index (κ2) is 22.7. The monoisotopic (exact) mass is 400 g/mol. The summed E-state index contributed by atoms with van der Waals surface area (Å²) in [6, 6.07) is 0. The molecule has 1 amide bonds. The molecular weight excluding hydrogens is 346 g/mol. The number of carbonyl (C=O) groups excluding carboxylic acids is 1. The Kier molecular flexibility index (Phi) is 24.0. The van der Waals surface area contributed by atoms with Gasteiger partial charge in [0, 0.05) is 12.8 Å². The van der Waals surface area contributed by atoms with E-state index in [2.05, 4.69) is 28.1 Å². The van der Waals surface area contributed by atoms with E-state index in [1.807, 2.05) is 0 Å². The van der Waals surface area contributed by atoms with Crippen molar-refractivity contribution in [3.8, 4) is 0 Å². The summed E-state index contributed by atoms with van der Waals surface area (Å²) >= 11 is 0. The van der Waals surface area contributed by atoms with Gasteiger partial charge in [-0.15, -0.1) is 0 Å². The maximum Gasteiger partial charge on any atom is 0.217 e. The SMILES string of the molecule is CCCCCCCCCCCCCCCCCC(N)=O.C[N+](C)(C)CCCN. The summed E-state index contributed by atoms with van der Waals surface area (Å²) in [6.45, 7) is 4.27. The second-order valence-corrected chi connectivity index (χ2v) is 9.32. The first kappa shape index (κ1) is 29.6. The standard InChI is InChI=1S/C18H37NO.C6H17N2/c1-2-3-4-5-6-7-8-9-10-11-12-13-14-15-16-17-18(19)20;1-8(2,3)6-4-5-7/h2-17H2,1H3,(H2,19,20);4-7H2,1-3H3/q;+1. The first-order chi connectivity index (χ1) is 13.3. The van der Waals surface area contributed by atoms with Gasteiger partial charge in [-0.1, -0.05) is 96.8 Å². The fourth-order valence-corrected chi connectivity index (χ4v) is 3.24. The Bertz CT molecular complexity index is 313. The molecule has 4 N–H and O–H groups in total. The van der Waals surface area contributed by atoms with Gasteiger partial charge in [-0.05, 0) is 13.0 Å². The van der Waals surface area contributed by atoms with Crippen LogP contribution in [0.25, 0.3) is 0 Å². The molecule has 0 aliphatic rings. The van der Waals surface area contributed by atoms with Crippen molar-refractivity contribution < 1.29 is 9.28 Å². The van der Waals surface area contributed by atoms with Gasteiger partial charge in [0.1, 0.15) is 0 Å². The summed E-state index contributed by atoms with van der Waals surface area (Å²) in [4.78, 5) is 10.6. The summed E-state index contributed by atoms with van der Waals surface area (Å²) in [5.41, 5.74) is 10.4. The highest BCUT2D eigenvalue weighted by molar-refractivity contribution is 5.73.